The van der Waals surface area contributed by atoms with Gasteiger partial charge < -0.3 is 17.3 Å². The third kappa shape index (κ3) is 3.33. The molecule has 0 spiro atoms. The molecule has 0 N–H and O–H groups in total. The van der Waals surface area contributed by atoms with Gasteiger partial charge in [0.2, 0.25) is 0 Å². The van der Waals surface area contributed by atoms with E-state index in [2.05, 4.69) is 31.2 Å². The van der Waals surface area contributed by atoms with Gasteiger partial charge in [0.05, 0.1) is 10.8 Å². The van der Waals surface area contributed by atoms with E-state index in [1.54, 1.807) is 0 Å². The highest BCUT2D eigenvalue weighted by Crippen LogP contribution is 2.27. The maximum Gasteiger partial charge on any atom is 0.673 e. The Bertz CT molecular complexity index is 652. The average Bonchev–Trinajstić information content (AvgIpc) is 2.66. The first-order chi connectivity index (χ1) is 8.86. The summed E-state index contributed by atoms with van der Waals surface area (Å²) in [6, 6.07) is 8.22. The molecule has 0 amide bonds. The van der Waals surface area contributed by atoms with Crippen molar-refractivity contribution >= 4 is 12.8 Å². The maximum absolute atomic E-state index is 9.75. The lowest BCUT2D eigenvalue weighted by atomic mass is 9.93. The molecular weight excluding hydrogens is 259 g/mol. The molecule has 1 unspecified atom stereocenters. The largest absolute Gasteiger partial charge is 0.673 e. The van der Waals surface area contributed by atoms with Crippen molar-refractivity contribution in [2.45, 2.75) is 6.92 Å². The fourth-order valence-corrected chi connectivity index (χ4v) is 2.08. The van der Waals surface area contributed by atoms with Gasteiger partial charge in [-0.25, -0.2) is 4.42 Å². The Morgan fingerprint density at radius 3 is 2.42 bits per heavy atom. The summed E-state index contributed by atoms with van der Waals surface area (Å²) in [6.07, 6.45) is 6.30. The van der Waals surface area contributed by atoms with Crippen LogP contribution in [0.3, 0.4) is 0 Å². The third-order valence-corrected chi connectivity index (χ3v) is 2.77. The molecule has 1 nitrogen and oxygen atoms in total. The number of hydrogen-bond acceptors (Lipinski definition) is 0. The standard InChI is InChI=1S/C13H11O.BF4/c1-9-5-4-8-12-13(9)10-6-2-3-7-11(10)14-12;2-1(3,4)5/h2-9H,1H3;/q+1;-1. The predicted octanol–water partition coefficient (Wildman–Crippen LogP) is 2.86. The summed E-state index contributed by atoms with van der Waals surface area (Å²) in [5, 5.41) is 1.25. The van der Waals surface area contributed by atoms with Crippen LogP contribution in [-0.4, -0.2) is 7.25 Å². The Morgan fingerprint density at radius 2 is 1.74 bits per heavy atom. The summed E-state index contributed by atoms with van der Waals surface area (Å²) < 4.78 is 44.8. The summed E-state index contributed by atoms with van der Waals surface area (Å²) in [4.78, 5) is 0. The first-order valence-corrected chi connectivity index (χ1v) is 5.76. The van der Waals surface area contributed by atoms with Gasteiger partial charge in [0.25, 0.3) is 0 Å². The third-order valence-electron chi connectivity index (χ3n) is 2.77. The molecule has 6 heteroatoms. The molecule has 1 atom stereocenters. The lowest BCUT2D eigenvalue weighted by Gasteiger charge is -2.05. The van der Waals surface area contributed by atoms with Crippen LogP contribution in [0.4, 0.5) is 17.3 Å². The van der Waals surface area contributed by atoms with Gasteiger partial charge in [-0.2, -0.15) is 0 Å². The first-order valence-electron chi connectivity index (χ1n) is 5.76. The molecule has 1 heterocycles. The van der Waals surface area contributed by atoms with Crippen LogP contribution in [0.5, 0.6) is 0 Å². The normalized spacial score (nSPS) is 19.7. The summed E-state index contributed by atoms with van der Waals surface area (Å²) in [6.45, 7) is 2.20. The molecule has 1 aliphatic heterocycles. The van der Waals surface area contributed by atoms with Crippen LogP contribution in [0.1, 0.15) is 6.92 Å². The second-order valence-corrected chi connectivity index (χ2v) is 4.21. The molecule has 0 saturated carbocycles. The van der Waals surface area contributed by atoms with Crippen LogP contribution in [0.15, 0.2) is 52.7 Å². The number of benzene rings is 1. The van der Waals surface area contributed by atoms with Crippen molar-refractivity contribution in [3.05, 3.63) is 63.3 Å². The van der Waals surface area contributed by atoms with Crippen molar-refractivity contribution in [1.82, 2.24) is 0 Å². The van der Waals surface area contributed by atoms with Crippen molar-refractivity contribution in [1.29, 1.82) is 0 Å². The lowest BCUT2D eigenvalue weighted by molar-refractivity contribution is 0.368. The van der Waals surface area contributed by atoms with E-state index < -0.39 is 7.25 Å². The minimum Gasteiger partial charge on any atom is -0.418 e. The Hall–Kier alpha value is -1.85. The molecule has 2 aliphatic rings. The zero-order valence-electron chi connectivity index (χ0n) is 10.1. The second-order valence-electron chi connectivity index (χ2n) is 4.21. The SMILES string of the molecule is CC1C=CC=C2[O+]=c3ccccc3=C21.F[B-](F)(F)F. The summed E-state index contributed by atoms with van der Waals surface area (Å²) in [5.41, 5.74) is 2.31. The van der Waals surface area contributed by atoms with Crippen molar-refractivity contribution < 1.29 is 17.3 Å². The zero-order valence-corrected chi connectivity index (χ0v) is 10.1. The van der Waals surface area contributed by atoms with E-state index in [0.717, 1.165) is 11.2 Å². The molecule has 19 heavy (non-hydrogen) atoms. The van der Waals surface area contributed by atoms with E-state index in [4.69, 9.17) is 4.42 Å². The predicted molar refractivity (Wildman–Crippen MR) is 67.9 cm³/mol. The zero-order chi connectivity index (χ0) is 14.0. The Labute approximate surface area is 107 Å². The molecule has 0 fully saturated rings. The summed E-state index contributed by atoms with van der Waals surface area (Å²) in [5.74, 6) is 1.47. The van der Waals surface area contributed by atoms with Crippen LogP contribution in [-0.2, 0) is 0 Å². The van der Waals surface area contributed by atoms with Crippen molar-refractivity contribution in [3.63, 3.8) is 0 Å². The number of allylic oxidation sites excluding steroid dienone is 4. The van der Waals surface area contributed by atoms with Crippen molar-refractivity contribution in [3.8, 4) is 0 Å². The van der Waals surface area contributed by atoms with Gasteiger partial charge in [0, 0.05) is 18.1 Å². The van der Waals surface area contributed by atoms with Gasteiger partial charge in [-0.1, -0.05) is 31.2 Å². The molecule has 1 aromatic carbocycles. The van der Waals surface area contributed by atoms with Gasteiger partial charge in [-0.3, -0.25) is 0 Å². The molecule has 0 aromatic heterocycles. The van der Waals surface area contributed by atoms with Crippen molar-refractivity contribution in [2.75, 3.05) is 0 Å². The highest BCUT2D eigenvalue weighted by molar-refractivity contribution is 6.50. The van der Waals surface area contributed by atoms with Gasteiger partial charge in [-0.05, 0) is 6.07 Å². The highest BCUT2D eigenvalue weighted by Gasteiger charge is 2.29. The average molecular weight is 270 g/mol. The molecular formula is C13H11BF4O. The minimum absolute atomic E-state index is 0.457. The van der Waals surface area contributed by atoms with Crippen LogP contribution >= 0.6 is 0 Å². The maximum atomic E-state index is 9.75. The topological polar surface area (TPSA) is 11.3 Å². The van der Waals surface area contributed by atoms with Crippen LogP contribution in [0, 0.1) is 5.92 Å². The fourth-order valence-electron chi connectivity index (χ4n) is 2.08. The molecule has 1 aromatic rings. The number of fused-ring (bicyclic) bond motifs is 2. The van der Waals surface area contributed by atoms with Crippen molar-refractivity contribution in [2.24, 2.45) is 5.92 Å². The summed E-state index contributed by atoms with van der Waals surface area (Å²) >= 11 is 0. The van der Waals surface area contributed by atoms with E-state index in [-0.39, 0.29) is 0 Å². The molecule has 3 rings (SSSR count). The molecule has 0 saturated heterocycles. The minimum atomic E-state index is -6.00. The number of hydrogen-bond donors (Lipinski definition) is 0. The molecule has 100 valence electrons. The Morgan fingerprint density at radius 1 is 1.11 bits per heavy atom. The number of rotatable bonds is 0. The van der Waals surface area contributed by atoms with Crippen LogP contribution < -0.4 is 10.6 Å². The van der Waals surface area contributed by atoms with E-state index in [9.17, 15) is 17.3 Å². The highest BCUT2D eigenvalue weighted by atomic mass is 19.5. The van der Waals surface area contributed by atoms with E-state index in [0.29, 0.717) is 5.92 Å². The Kier molecular flexibility index (Phi) is 3.60. The molecule has 0 radical (unpaired) electrons. The Balaban J connectivity index is 0.000000232. The van der Waals surface area contributed by atoms with Gasteiger partial charge in [0.15, 0.2) is 0 Å². The molecule has 0 bridgehead atoms. The lowest BCUT2D eigenvalue weighted by Crippen LogP contribution is -2.23. The van der Waals surface area contributed by atoms with Crippen LogP contribution in [0.2, 0.25) is 0 Å². The first kappa shape index (κ1) is 13.6. The van der Waals surface area contributed by atoms with E-state index >= 15 is 0 Å². The van der Waals surface area contributed by atoms with Gasteiger partial charge in [-0.15, -0.1) is 0 Å². The monoisotopic (exact) mass is 270 g/mol. The number of para-hydroxylation sites is 1. The van der Waals surface area contributed by atoms with Crippen LogP contribution in [0.25, 0.3) is 5.57 Å². The van der Waals surface area contributed by atoms with Gasteiger partial charge in [0.1, 0.15) is 0 Å². The molecule has 1 aliphatic carbocycles. The van der Waals surface area contributed by atoms with Gasteiger partial charge >= 0.3 is 18.4 Å². The van der Waals surface area contributed by atoms with E-state index in [1.165, 1.54) is 10.8 Å². The smallest absolute Gasteiger partial charge is 0.418 e. The fraction of sp³-hybridized carbons (Fsp3) is 0.154. The second kappa shape index (κ2) is 5.03. The number of halogens is 4. The quantitative estimate of drug-likeness (QED) is 0.390. The summed E-state index contributed by atoms with van der Waals surface area (Å²) in [7, 11) is -6.00. The van der Waals surface area contributed by atoms with E-state index in [1.807, 2.05) is 18.2 Å².